The van der Waals surface area contributed by atoms with Crippen molar-refractivity contribution in [2.24, 2.45) is 16.9 Å². The monoisotopic (exact) mass is 645 g/mol. The molecule has 5 aromatic rings. The van der Waals surface area contributed by atoms with Crippen LogP contribution in [0.5, 0.6) is 0 Å². The van der Waals surface area contributed by atoms with Crippen molar-refractivity contribution in [3.8, 4) is 11.3 Å². The number of benzene rings is 1. The molecule has 1 aliphatic carbocycles. The Morgan fingerprint density at radius 1 is 1.04 bits per heavy atom. The van der Waals surface area contributed by atoms with Gasteiger partial charge in [0.25, 0.3) is 5.91 Å². The van der Waals surface area contributed by atoms with Gasteiger partial charge in [-0.1, -0.05) is 57.2 Å². The van der Waals surface area contributed by atoms with Crippen molar-refractivity contribution in [2.45, 2.75) is 51.7 Å². The van der Waals surface area contributed by atoms with Gasteiger partial charge in [-0.2, -0.15) is 23.4 Å². The summed E-state index contributed by atoms with van der Waals surface area (Å²) < 4.78 is 43.8. The lowest BCUT2D eigenvalue weighted by molar-refractivity contribution is -0.142. The number of carbonyl (C=O) groups excluding carboxylic acids is 1. The minimum absolute atomic E-state index is 0.0381. The number of hydrogen-bond donors (Lipinski definition) is 0. The molecular weight excluding hydrogens is 616 g/mol. The number of fused-ring (bicyclic) bond motifs is 2. The van der Waals surface area contributed by atoms with Crippen LogP contribution >= 0.6 is 22.7 Å². The zero-order valence-corrected chi connectivity index (χ0v) is 26.5. The summed E-state index contributed by atoms with van der Waals surface area (Å²) in [4.78, 5) is 20.8. The van der Waals surface area contributed by atoms with Crippen molar-refractivity contribution in [1.29, 1.82) is 0 Å². The molecule has 0 N–H and O–H groups in total. The third kappa shape index (κ3) is 5.52. The van der Waals surface area contributed by atoms with Gasteiger partial charge in [-0.25, -0.2) is 14.5 Å². The second kappa shape index (κ2) is 11.4. The van der Waals surface area contributed by atoms with Crippen LogP contribution in [0.1, 0.15) is 77.1 Å². The van der Waals surface area contributed by atoms with Gasteiger partial charge >= 0.3 is 6.18 Å². The number of nitrogens with zero attached hydrogens (tertiary/aromatic N) is 5. The molecule has 3 atom stereocenters. The van der Waals surface area contributed by atoms with Gasteiger partial charge in [0, 0.05) is 27.3 Å². The highest BCUT2D eigenvalue weighted by Gasteiger charge is 2.46. The molecule has 0 saturated heterocycles. The first kappa shape index (κ1) is 29.6. The van der Waals surface area contributed by atoms with Crippen LogP contribution in [0.2, 0.25) is 0 Å². The topological polar surface area (TPSA) is 62.9 Å². The van der Waals surface area contributed by atoms with E-state index in [0.29, 0.717) is 11.5 Å². The highest BCUT2D eigenvalue weighted by atomic mass is 32.1. The van der Waals surface area contributed by atoms with Crippen molar-refractivity contribution in [1.82, 2.24) is 19.6 Å². The second-order valence-electron chi connectivity index (χ2n) is 12.0. The van der Waals surface area contributed by atoms with Crippen LogP contribution in [0.4, 0.5) is 13.2 Å². The number of aromatic nitrogens is 3. The Morgan fingerprint density at radius 2 is 1.80 bits per heavy atom. The van der Waals surface area contributed by atoms with Gasteiger partial charge in [-0.05, 0) is 70.8 Å². The lowest BCUT2D eigenvalue weighted by Crippen LogP contribution is -2.33. The quantitative estimate of drug-likeness (QED) is 0.191. The first-order chi connectivity index (χ1) is 21.6. The molecule has 7 rings (SSSR count). The fraction of sp³-hybridized carbons (Fsp3) is 0.294. The molecule has 1 amide bonds. The summed E-state index contributed by atoms with van der Waals surface area (Å²) in [6.07, 6.45) is -0.900. The van der Waals surface area contributed by atoms with E-state index >= 15 is 0 Å². The number of alkyl halides is 3. The Hall–Kier alpha value is -4.09. The zero-order chi connectivity index (χ0) is 31.5. The maximum absolute atomic E-state index is 14.4. The van der Waals surface area contributed by atoms with Crippen LogP contribution in [0.3, 0.4) is 0 Å². The molecule has 1 saturated carbocycles. The molecule has 2 aliphatic rings. The summed E-state index contributed by atoms with van der Waals surface area (Å²) in [6.45, 7) is 6.31. The van der Waals surface area contributed by atoms with Gasteiger partial charge in [0.15, 0.2) is 17.0 Å². The summed E-state index contributed by atoms with van der Waals surface area (Å²) in [6, 6.07) is 17.2. The van der Waals surface area contributed by atoms with Crippen LogP contribution in [-0.4, -0.2) is 31.2 Å². The first-order valence-corrected chi connectivity index (χ1v) is 16.6. The van der Waals surface area contributed by atoms with E-state index < -0.39 is 17.8 Å². The van der Waals surface area contributed by atoms with Crippen LogP contribution in [0.25, 0.3) is 23.0 Å². The Bertz CT molecular complexity index is 1920. The fourth-order valence-electron chi connectivity index (χ4n) is 6.33. The molecule has 1 fully saturated rings. The number of amides is 1. The Labute approximate surface area is 266 Å². The Balaban J connectivity index is 1.32. The lowest BCUT2D eigenvalue weighted by atomic mass is 9.74. The molecule has 0 spiro atoms. The normalized spacial score (nSPS) is 21.1. The van der Waals surface area contributed by atoms with Crippen LogP contribution in [0.15, 0.2) is 82.1 Å². The van der Waals surface area contributed by atoms with Gasteiger partial charge in [-0.15, -0.1) is 22.7 Å². The summed E-state index contributed by atoms with van der Waals surface area (Å²) in [7, 11) is 0. The number of carbonyl (C=O) groups is 1. The minimum atomic E-state index is -4.72. The average molecular weight is 646 g/mol. The Morgan fingerprint density at radius 3 is 2.47 bits per heavy atom. The minimum Gasteiger partial charge on any atom is -0.265 e. The molecule has 1 aliphatic heterocycles. The molecule has 5 heterocycles. The zero-order valence-electron chi connectivity index (χ0n) is 24.8. The number of hydrazone groups is 1. The highest BCUT2D eigenvalue weighted by molar-refractivity contribution is 7.11. The van der Waals surface area contributed by atoms with Gasteiger partial charge < -0.3 is 0 Å². The van der Waals surface area contributed by atoms with Gasteiger partial charge in [0.05, 0.1) is 17.4 Å². The van der Waals surface area contributed by atoms with Crippen molar-refractivity contribution in [3.05, 3.63) is 104 Å². The van der Waals surface area contributed by atoms with Crippen LogP contribution < -0.4 is 0 Å². The number of rotatable bonds is 5. The van der Waals surface area contributed by atoms with Crippen molar-refractivity contribution >= 4 is 46.0 Å². The summed E-state index contributed by atoms with van der Waals surface area (Å²) in [5.74, 6) is 0.0632. The summed E-state index contributed by atoms with van der Waals surface area (Å²) >= 11 is 3.18. The fourth-order valence-corrected chi connectivity index (χ4v) is 7.88. The molecule has 0 radical (unpaired) electrons. The molecule has 3 unspecified atom stereocenters. The average Bonchev–Trinajstić information content (AvgIpc) is 3.82. The molecule has 230 valence electrons. The molecule has 45 heavy (non-hydrogen) atoms. The molecule has 0 bridgehead atoms. The molecule has 1 aromatic carbocycles. The van der Waals surface area contributed by atoms with Gasteiger partial charge in [-0.3, -0.25) is 4.79 Å². The highest BCUT2D eigenvalue weighted by Crippen LogP contribution is 2.47. The Kier molecular flexibility index (Phi) is 7.48. The van der Waals surface area contributed by atoms with E-state index in [0.717, 1.165) is 50.0 Å². The van der Waals surface area contributed by atoms with E-state index in [1.54, 1.807) is 34.8 Å². The first-order valence-electron chi connectivity index (χ1n) is 14.8. The maximum atomic E-state index is 14.4. The van der Waals surface area contributed by atoms with Crippen molar-refractivity contribution in [2.75, 3.05) is 0 Å². The van der Waals surface area contributed by atoms with E-state index in [1.807, 2.05) is 41.1 Å². The standard InChI is InChI=1S/C34H30F3N5OS2/c1-19(2)21-8-10-22(11-9-21)26-17-29(34(35,36)37)41-30(38-26)18-27(39-41)33(43)42-32(28-7-5-13-45-28)25-15-20(3)14-23(31(25)40-42)16-24-6-4-12-44-24/h4-13,16-20,25,32H,14-15H2,1-3H3. The largest absolute Gasteiger partial charge is 0.433 e. The lowest BCUT2D eigenvalue weighted by Gasteiger charge is -2.31. The van der Waals surface area contributed by atoms with Gasteiger partial charge in [0.2, 0.25) is 0 Å². The smallest absolute Gasteiger partial charge is 0.265 e. The number of allylic oxidation sites excluding steroid dienone is 1. The van der Waals surface area contributed by atoms with Crippen molar-refractivity contribution in [3.63, 3.8) is 0 Å². The molecule has 4 aromatic heterocycles. The third-order valence-electron chi connectivity index (χ3n) is 8.48. The number of hydrogen-bond acceptors (Lipinski definition) is 6. The van der Waals surface area contributed by atoms with E-state index in [1.165, 1.54) is 11.1 Å². The molecule has 11 heteroatoms. The molecular formula is C34H30F3N5OS2. The number of halogens is 3. The van der Waals surface area contributed by atoms with Crippen molar-refractivity contribution < 1.29 is 18.0 Å². The second-order valence-corrected chi connectivity index (χ2v) is 14.0. The van der Waals surface area contributed by atoms with E-state index in [-0.39, 0.29) is 34.9 Å². The van der Waals surface area contributed by atoms with E-state index in [2.05, 4.69) is 43.0 Å². The van der Waals surface area contributed by atoms with Crippen LogP contribution in [0, 0.1) is 11.8 Å². The van der Waals surface area contributed by atoms with Gasteiger partial charge in [0.1, 0.15) is 0 Å². The predicted octanol–water partition coefficient (Wildman–Crippen LogP) is 9.34. The third-order valence-corrected chi connectivity index (χ3v) is 10.2. The van der Waals surface area contributed by atoms with E-state index in [4.69, 9.17) is 5.10 Å². The number of thiophene rings is 2. The predicted molar refractivity (Wildman–Crippen MR) is 172 cm³/mol. The van der Waals surface area contributed by atoms with Crippen LogP contribution in [-0.2, 0) is 6.18 Å². The van der Waals surface area contributed by atoms with E-state index in [9.17, 15) is 18.0 Å². The summed E-state index contributed by atoms with van der Waals surface area (Å²) in [5.41, 5.74) is 2.53. The maximum Gasteiger partial charge on any atom is 0.433 e. The summed E-state index contributed by atoms with van der Waals surface area (Å²) in [5, 5.41) is 14.5. The SMILES string of the molecule is CC1CC(=Cc2cccs2)C2=NN(C(=O)c3cc4nc(-c5ccc(C(C)C)cc5)cc(C(F)(F)F)n4n3)C(c3cccs3)C2C1. The molecule has 6 nitrogen and oxygen atoms in total.